The molecular weight excluding hydrogens is 244 g/mol. The number of likely N-dealkylation sites (N-methyl/N-ethyl adjacent to an activating group) is 1. The van der Waals surface area contributed by atoms with Crippen molar-refractivity contribution < 1.29 is 0 Å². The molecule has 0 aromatic heterocycles. The molecule has 2 nitrogen and oxygen atoms in total. The van der Waals surface area contributed by atoms with Crippen molar-refractivity contribution in [3.8, 4) is 0 Å². The Morgan fingerprint density at radius 1 is 1.15 bits per heavy atom. The van der Waals surface area contributed by atoms with Gasteiger partial charge in [0.15, 0.2) is 0 Å². The molecule has 1 N–H and O–H groups in total. The number of likely N-dealkylation sites (tertiary alicyclic amines) is 1. The van der Waals surface area contributed by atoms with E-state index < -0.39 is 0 Å². The Morgan fingerprint density at radius 2 is 1.90 bits per heavy atom. The van der Waals surface area contributed by atoms with E-state index in [1.807, 2.05) is 0 Å². The van der Waals surface area contributed by atoms with E-state index >= 15 is 0 Å². The third-order valence-electron chi connectivity index (χ3n) is 4.77. The van der Waals surface area contributed by atoms with E-state index in [0.717, 1.165) is 18.4 Å². The molecule has 1 aromatic rings. The minimum absolute atomic E-state index is 0.520. The molecule has 0 bridgehead atoms. The highest BCUT2D eigenvalue weighted by Gasteiger charge is 2.24. The van der Waals surface area contributed by atoms with Crippen molar-refractivity contribution in [3.63, 3.8) is 0 Å². The predicted octanol–water partition coefficient (Wildman–Crippen LogP) is 3.71. The quantitative estimate of drug-likeness (QED) is 0.880. The fourth-order valence-electron chi connectivity index (χ4n) is 3.45. The van der Waals surface area contributed by atoms with Crippen LogP contribution in [0.2, 0.25) is 0 Å². The van der Waals surface area contributed by atoms with Gasteiger partial charge in [0.25, 0.3) is 0 Å². The van der Waals surface area contributed by atoms with Crippen LogP contribution in [0.3, 0.4) is 0 Å². The minimum Gasteiger partial charge on any atom is -0.318 e. The summed E-state index contributed by atoms with van der Waals surface area (Å²) in [5, 5.41) is 3.38. The van der Waals surface area contributed by atoms with Gasteiger partial charge >= 0.3 is 0 Å². The first-order valence-electron chi connectivity index (χ1n) is 8.16. The van der Waals surface area contributed by atoms with Crippen molar-refractivity contribution in [2.24, 2.45) is 11.8 Å². The molecule has 2 atom stereocenters. The van der Waals surface area contributed by atoms with Crippen molar-refractivity contribution in [2.45, 2.75) is 39.2 Å². The molecule has 0 radical (unpaired) electrons. The largest absolute Gasteiger partial charge is 0.318 e. The highest BCUT2D eigenvalue weighted by Crippen LogP contribution is 2.29. The molecule has 1 aliphatic rings. The van der Waals surface area contributed by atoms with Gasteiger partial charge in [0.1, 0.15) is 0 Å². The molecule has 112 valence electrons. The zero-order chi connectivity index (χ0) is 14.4. The lowest BCUT2D eigenvalue weighted by molar-refractivity contribution is 0.197. The van der Waals surface area contributed by atoms with Crippen LogP contribution < -0.4 is 5.32 Å². The lowest BCUT2D eigenvalue weighted by atomic mass is 9.89. The second-order valence-electron chi connectivity index (χ2n) is 6.46. The van der Waals surface area contributed by atoms with Crippen LogP contribution in [-0.2, 0) is 0 Å². The summed E-state index contributed by atoms with van der Waals surface area (Å²) in [7, 11) is 2.06. The normalized spacial score (nSPS) is 22.7. The molecule has 1 heterocycles. The van der Waals surface area contributed by atoms with Crippen molar-refractivity contribution in [1.82, 2.24) is 10.2 Å². The van der Waals surface area contributed by atoms with Crippen molar-refractivity contribution in [1.29, 1.82) is 0 Å². The highest BCUT2D eigenvalue weighted by atomic mass is 15.2. The average molecular weight is 274 g/mol. The zero-order valence-corrected chi connectivity index (χ0v) is 13.3. The lowest BCUT2D eigenvalue weighted by Gasteiger charge is -2.31. The molecule has 1 aliphatic heterocycles. The maximum atomic E-state index is 3.38. The number of nitrogens with one attached hydrogen (secondary N) is 1. The van der Waals surface area contributed by atoms with E-state index in [4.69, 9.17) is 0 Å². The van der Waals surface area contributed by atoms with E-state index in [2.05, 4.69) is 61.4 Å². The first-order chi connectivity index (χ1) is 9.72. The van der Waals surface area contributed by atoms with Gasteiger partial charge in [0, 0.05) is 12.6 Å². The summed E-state index contributed by atoms with van der Waals surface area (Å²) in [6.45, 7) is 8.27. The molecule has 2 heteroatoms. The number of benzene rings is 1. The molecule has 2 rings (SSSR count). The summed E-state index contributed by atoms with van der Waals surface area (Å²) in [6.07, 6.45) is 4.09. The summed E-state index contributed by atoms with van der Waals surface area (Å²) in [4.78, 5) is 2.69. The second kappa shape index (κ2) is 7.80. The topological polar surface area (TPSA) is 15.3 Å². The van der Waals surface area contributed by atoms with E-state index in [1.165, 1.54) is 37.9 Å². The van der Waals surface area contributed by atoms with Crippen LogP contribution in [0.4, 0.5) is 0 Å². The summed E-state index contributed by atoms with van der Waals surface area (Å²) < 4.78 is 0. The predicted molar refractivity (Wildman–Crippen MR) is 86.9 cm³/mol. The summed E-state index contributed by atoms with van der Waals surface area (Å²) in [5.74, 6) is 1.74. The Labute approximate surface area is 124 Å². The van der Waals surface area contributed by atoms with Crippen LogP contribution in [0.25, 0.3) is 0 Å². The van der Waals surface area contributed by atoms with Gasteiger partial charge in [-0.05, 0) is 56.8 Å². The fraction of sp³-hybridized carbons (Fsp3) is 0.667. The van der Waals surface area contributed by atoms with Crippen LogP contribution in [0.1, 0.15) is 44.7 Å². The maximum Gasteiger partial charge on any atom is 0.0472 e. The molecule has 1 aromatic carbocycles. The van der Waals surface area contributed by atoms with Gasteiger partial charge in [0.2, 0.25) is 0 Å². The zero-order valence-electron chi connectivity index (χ0n) is 13.3. The third kappa shape index (κ3) is 4.07. The Bertz CT molecular complexity index is 374. The molecule has 1 saturated heterocycles. The van der Waals surface area contributed by atoms with Gasteiger partial charge in [-0.1, -0.05) is 44.2 Å². The second-order valence-corrected chi connectivity index (χ2v) is 6.46. The van der Waals surface area contributed by atoms with Crippen molar-refractivity contribution in [2.75, 3.05) is 26.7 Å². The standard InChI is InChI=1S/C18H30N2/c1-15(2)16-10-7-12-20(13-11-16)18(14-19-3)17-8-5-4-6-9-17/h4-6,8-9,15-16,18-19H,7,10-14H2,1-3H3. The first-order valence-corrected chi connectivity index (χ1v) is 8.16. The Morgan fingerprint density at radius 3 is 2.55 bits per heavy atom. The van der Waals surface area contributed by atoms with Crippen LogP contribution >= 0.6 is 0 Å². The monoisotopic (exact) mass is 274 g/mol. The molecule has 1 fully saturated rings. The Hall–Kier alpha value is -0.860. The molecular formula is C18H30N2. The van der Waals surface area contributed by atoms with E-state index in [-0.39, 0.29) is 0 Å². The third-order valence-corrected chi connectivity index (χ3v) is 4.77. The molecule has 0 spiro atoms. The van der Waals surface area contributed by atoms with E-state index in [0.29, 0.717) is 6.04 Å². The highest BCUT2D eigenvalue weighted by molar-refractivity contribution is 5.19. The average Bonchev–Trinajstić information content (AvgIpc) is 2.71. The molecule has 0 amide bonds. The van der Waals surface area contributed by atoms with Gasteiger partial charge in [-0.2, -0.15) is 0 Å². The van der Waals surface area contributed by atoms with Gasteiger partial charge < -0.3 is 5.32 Å². The van der Waals surface area contributed by atoms with Gasteiger partial charge in [0.05, 0.1) is 0 Å². The number of rotatable bonds is 5. The minimum atomic E-state index is 0.520. The number of hydrogen-bond acceptors (Lipinski definition) is 2. The van der Waals surface area contributed by atoms with Crippen molar-refractivity contribution >= 4 is 0 Å². The summed E-state index contributed by atoms with van der Waals surface area (Å²) >= 11 is 0. The number of nitrogens with zero attached hydrogens (tertiary/aromatic N) is 1. The molecule has 20 heavy (non-hydrogen) atoms. The molecule has 2 unspecified atom stereocenters. The van der Waals surface area contributed by atoms with Crippen LogP contribution in [0.5, 0.6) is 0 Å². The fourth-order valence-corrected chi connectivity index (χ4v) is 3.45. The molecule has 0 aliphatic carbocycles. The van der Waals surface area contributed by atoms with Crippen molar-refractivity contribution in [3.05, 3.63) is 35.9 Å². The SMILES string of the molecule is CNCC(c1ccccc1)N1CCCC(C(C)C)CC1. The summed E-state index contributed by atoms with van der Waals surface area (Å²) in [5.41, 5.74) is 1.45. The Kier molecular flexibility index (Phi) is 6.06. The summed E-state index contributed by atoms with van der Waals surface area (Å²) in [6, 6.07) is 11.5. The Balaban J connectivity index is 2.06. The maximum absolute atomic E-state index is 3.38. The van der Waals surface area contributed by atoms with Gasteiger partial charge in [-0.3, -0.25) is 4.90 Å². The van der Waals surface area contributed by atoms with Gasteiger partial charge in [-0.15, -0.1) is 0 Å². The van der Waals surface area contributed by atoms with E-state index in [9.17, 15) is 0 Å². The van der Waals surface area contributed by atoms with Crippen LogP contribution in [-0.4, -0.2) is 31.6 Å². The van der Waals surface area contributed by atoms with Crippen LogP contribution in [0.15, 0.2) is 30.3 Å². The first kappa shape index (κ1) is 15.5. The number of hydrogen-bond donors (Lipinski definition) is 1. The van der Waals surface area contributed by atoms with Crippen LogP contribution in [0, 0.1) is 11.8 Å². The lowest BCUT2D eigenvalue weighted by Crippen LogP contribution is -2.35. The van der Waals surface area contributed by atoms with Gasteiger partial charge in [-0.25, -0.2) is 0 Å². The smallest absolute Gasteiger partial charge is 0.0472 e. The van der Waals surface area contributed by atoms with E-state index in [1.54, 1.807) is 0 Å². The molecule has 0 saturated carbocycles.